The molecule has 1 amide bonds. The van der Waals surface area contributed by atoms with Crippen LogP contribution in [0, 0.1) is 3.57 Å². The first-order chi connectivity index (χ1) is 10.1. The Morgan fingerprint density at radius 2 is 1.95 bits per heavy atom. The molecule has 1 aromatic heterocycles. The van der Waals surface area contributed by atoms with Gasteiger partial charge in [0.1, 0.15) is 5.52 Å². The summed E-state index contributed by atoms with van der Waals surface area (Å²) < 4.78 is 0.875. The summed E-state index contributed by atoms with van der Waals surface area (Å²) in [5.41, 5.74) is 2.48. The molecule has 0 fully saturated rings. The molecule has 4 nitrogen and oxygen atoms in total. The van der Waals surface area contributed by atoms with Gasteiger partial charge in [0.2, 0.25) is 0 Å². The fraction of sp³-hybridized carbons (Fsp3) is 0. The van der Waals surface area contributed by atoms with Gasteiger partial charge in [-0.2, -0.15) is 0 Å². The average molecular weight is 410 g/mol. The number of nitrogens with one attached hydrogen (secondary N) is 1. The van der Waals surface area contributed by atoms with E-state index in [1.807, 2.05) is 6.07 Å². The van der Waals surface area contributed by atoms with Crippen molar-refractivity contribution in [3.63, 3.8) is 0 Å². The lowest BCUT2D eigenvalue weighted by atomic mass is 10.1. The molecule has 3 aromatic rings. The molecule has 104 valence electrons. The molecule has 3 rings (SSSR count). The van der Waals surface area contributed by atoms with Crippen molar-refractivity contribution in [3.8, 4) is 0 Å². The number of carbonyl (C=O) groups excluding carboxylic acids is 1. The second kappa shape index (κ2) is 5.95. The maximum atomic E-state index is 12.5. The summed E-state index contributed by atoms with van der Waals surface area (Å²) in [4.78, 5) is 20.9. The van der Waals surface area contributed by atoms with Crippen molar-refractivity contribution < 1.29 is 4.79 Å². The van der Waals surface area contributed by atoms with Crippen LogP contribution in [0.3, 0.4) is 0 Å². The van der Waals surface area contributed by atoms with Gasteiger partial charge in [-0.25, -0.2) is 0 Å². The molecular weight excluding hydrogens is 401 g/mol. The third kappa shape index (κ3) is 2.98. The van der Waals surface area contributed by atoms with Crippen molar-refractivity contribution in [2.75, 3.05) is 5.32 Å². The molecule has 0 bridgehead atoms. The molecule has 6 heteroatoms. The lowest BCUT2D eigenvalue weighted by Crippen LogP contribution is -2.13. The Bertz CT molecular complexity index is 833. The van der Waals surface area contributed by atoms with Crippen LogP contribution >= 0.6 is 34.2 Å². The van der Waals surface area contributed by atoms with Gasteiger partial charge < -0.3 is 5.32 Å². The largest absolute Gasteiger partial charge is 0.321 e. The molecule has 21 heavy (non-hydrogen) atoms. The Morgan fingerprint density at radius 3 is 2.76 bits per heavy atom. The van der Waals surface area contributed by atoms with E-state index in [1.165, 1.54) is 0 Å². The third-order valence-electron chi connectivity index (χ3n) is 2.92. The van der Waals surface area contributed by atoms with E-state index < -0.39 is 0 Å². The van der Waals surface area contributed by atoms with Crippen LogP contribution < -0.4 is 5.32 Å². The van der Waals surface area contributed by atoms with Crippen LogP contribution in [0.15, 0.2) is 48.8 Å². The summed E-state index contributed by atoms with van der Waals surface area (Å²) in [7, 11) is 0. The highest BCUT2D eigenvalue weighted by Crippen LogP contribution is 2.23. The van der Waals surface area contributed by atoms with Gasteiger partial charge in [0.15, 0.2) is 0 Å². The highest BCUT2D eigenvalue weighted by atomic mass is 127. The lowest BCUT2D eigenvalue weighted by molar-refractivity contribution is 0.102. The van der Waals surface area contributed by atoms with Gasteiger partial charge in [0.25, 0.3) is 5.91 Å². The Morgan fingerprint density at radius 1 is 1.14 bits per heavy atom. The fourth-order valence-corrected chi connectivity index (χ4v) is 2.96. The van der Waals surface area contributed by atoms with E-state index in [1.54, 1.807) is 42.7 Å². The van der Waals surface area contributed by atoms with Crippen LogP contribution in [0.25, 0.3) is 11.0 Å². The molecule has 0 spiro atoms. The van der Waals surface area contributed by atoms with Crippen LogP contribution in [0.2, 0.25) is 5.02 Å². The summed E-state index contributed by atoms with van der Waals surface area (Å²) in [6.07, 6.45) is 3.18. The number of rotatable bonds is 2. The van der Waals surface area contributed by atoms with E-state index in [0.29, 0.717) is 27.3 Å². The van der Waals surface area contributed by atoms with Crippen molar-refractivity contribution in [2.24, 2.45) is 0 Å². The Kier molecular flexibility index (Phi) is 4.03. The van der Waals surface area contributed by atoms with E-state index in [9.17, 15) is 4.79 Å². The van der Waals surface area contributed by atoms with Gasteiger partial charge in [0.05, 0.1) is 16.8 Å². The molecule has 1 heterocycles. The Labute approximate surface area is 139 Å². The third-order valence-corrected chi connectivity index (χ3v) is 4.05. The summed E-state index contributed by atoms with van der Waals surface area (Å²) >= 11 is 8.04. The van der Waals surface area contributed by atoms with Gasteiger partial charge in [0, 0.05) is 21.0 Å². The quantitative estimate of drug-likeness (QED) is 0.647. The number of benzene rings is 2. The predicted molar refractivity (Wildman–Crippen MR) is 91.7 cm³/mol. The van der Waals surface area contributed by atoms with Crippen LogP contribution in [0.4, 0.5) is 5.69 Å². The standard InChI is InChI=1S/C15H9ClIN3O/c16-9-4-5-12(11(17)8-9)20-15(21)10-2-1-3-13-14(10)19-7-6-18-13/h1-8H,(H,20,21). The van der Waals surface area contributed by atoms with Crippen molar-refractivity contribution in [2.45, 2.75) is 0 Å². The maximum absolute atomic E-state index is 12.5. The molecule has 0 aliphatic heterocycles. The molecule has 0 aliphatic rings. The Hall–Kier alpha value is -1.73. The number of halogens is 2. The summed E-state index contributed by atoms with van der Waals surface area (Å²) in [6.45, 7) is 0. The molecule has 0 unspecified atom stereocenters. The van der Waals surface area contributed by atoms with Crippen molar-refractivity contribution in [1.29, 1.82) is 0 Å². The van der Waals surface area contributed by atoms with Gasteiger partial charge in [-0.1, -0.05) is 17.7 Å². The number of amides is 1. The summed E-state index contributed by atoms with van der Waals surface area (Å²) in [5.74, 6) is -0.221. The number of fused-ring (bicyclic) bond motifs is 1. The van der Waals surface area contributed by atoms with Gasteiger partial charge >= 0.3 is 0 Å². The van der Waals surface area contributed by atoms with E-state index in [4.69, 9.17) is 11.6 Å². The number of hydrogen-bond donors (Lipinski definition) is 1. The second-order valence-corrected chi connectivity index (χ2v) is 5.91. The second-order valence-electron chi connectivity index (χ2n) is 4.31. The molecule has 0 atom stereocenters. The van der Waals surface area contributed by atoms with Gasteiger partial charge in [-0.3, -0.25) is 14.8 Å². The highest BCUT2D eigenvalue weighted by Gasteiger charge is 2.13. The Balaban J connectivity index is 1.97. The smallest absolute Gasteiger partial charge is 0.257 e. The molecule has 0 radical (unpaired) electrons. The fourth-order valence-electron chi connectivity index (χ4n) is 1.96. The summed E-state index contributed by atoms with van der Waals surface area (Å²) in [5, 5.41) is 3.51. The molecule has 2 aromatic carbocycles. The number of aromatic nitrogens is 2. The van der Waals surface area contributed by atoms with E-state index >= 15 is 0 Å². The highest BCUT2D eigenvalue weighted by molar-refractivity contribution is 14.1. The first-order valence-corrected chi connectivity index (χ1v) is 7.57. The predicted octanol–water partition coefficient (Wildman–Crippen LogP) is 4.14. The first kappa shape index (κ1) is 14.2. The molecule has 0 aliphatic carbocycles. The minimum Gasteiger partial charge on any atom is -0.321 e. The molecule has 0 saturated heterocycles. The number of carbonyl (C=O) groups is 1. The SMILES string of the molecule is O=C(Nc1ccc(Cl)cc1I)c1cccc2nccnc12. The van der Waals surface area contributed by atoms with Crippen LogP contribution in [0.1, 0.15) is 10.4 Å². The van der Waals surface area contributed by atoms with Crippen molar-refractivity contribution in [3.05, 3.63) is 62.9 Å². The lowest BCUT2D eigenvalue weighted by Gasteiger charge is -2.09. The van der Waals surface area contributed by atoms with E-state index in [0.717, 1.165) is 3.57 Å². The average Bonchev–Trinajstić information content (AvgIpc) is 2.49. The maximum Gasteiger partial charge on any atom is 0.257 e. The van der Waals surface area contributed by atoms with Crippen LogP contribution in [-0.2, 0) is 0 Å². The zero-order chi connectivity index (χ0) is 14.8. The molecule has 0 saturated carbocycles. The number of hydrogen-bond acceptors (Lipinski definition) is 3. The summed E-state index contributed by atoms with van der Waals surface area (Å²) in [6, 6.07) is 10.7. The van der Waals surface area contributed by atoms with E-state index in [-0.39, 0.29) is 5.91 Å². The minimum absolute atomic E-state index is 0.221. The minimum atomic E-state index is -0.221. The van der Waals surface area contributed by atoms with Crippen LogP contribution in [-0.4, -0.2) is 15.9 Å². The topological polar surface area (TPSA) is 54.9 Å². The zero-order valence-corrected chi connectivity index (χ0v) is 13.6. The van der Waals surface area contributed by atoms with Crippen molar-refractivity contribution >= 4 is 56.8 Å². The first-order valence-electron chi connectivity index (χ1n) is 6.11. The van der Waals surface area contributed by atoms with Gasteiger partial charge in [-0.05, 0) is 52.9 Å². The van der Waals surface area contributed by atoms with E-state index in [2.05, 4.69) is 37.9 Å². The zero-order valence-electron chi connectivity index (χ0n) is 10.7. The number of para-hydroxylation sites is 1. The normalized spacial score (nSPS) is 10.6. The number of nitrogens with zero attached hydrogens (tertiary/aromatic N) is 2. The monoisotopic (exact) mass is 409 g/mol. The number of anilines is 1. The van der Waals surface area contributed by atoms with Gasteiger partial charge in [-0.15, -0.1) is 0 Å². The van der Waals surface area contributed by atoms with Crippen molar-refractivity contribution in [1.82, 2.24) is 9.97 Å². The molecular formula is C15H9ClIN3O. The molecule has 1 N–H and O–H groups in total. The van der Waals surface area contributed by atoms with Crippen LogP contribution in [0.5, 0.6) is 0 Å².